The van der Waals surface area contributed by atoms with Gasteiger partial charge in [0.1, 0.15) is 4.88 Å². The van der Waals surface area contributed by atoms with Gasteiger partial charge in [-0.05, 0) is 57.5 Å². The van der Waals surface area contributed by atoms with Gasteiger partial charge in [0, 0.05) is 65.0 Å². The van der Waals surface area contributed by atoms with Crippen LogP contribution < -0.4 is 15.4 Å². The number of pyridine rings is 1. The topological polar surface area (TPSA) is 92.3 Å². The van der Waals surface area contributed by atoms with E-state index in [1.54, 1.807) is 6.20 Å². The van der Waals surface area contributed by atoms with Gasteiger partial charge in [-0.1, -0.05) is 0 Å². The summed E-state index contributed by atoms with van der Waals surface area (Å²) in [7, 11) is 0. The van der Waals surface area contributed by atoms with Crippen molar-refractivity contribution in [3.63, 3.8) is 0 Å². The van der Waals surface area contributed by atoms with Crippen molar-refractivity contribution < 1.29 is 9.53 Å². The summed E-state index contributed by atoms with van der Waals surface area (Å²) >= 11 is 7.60. The van der Waals surface area contributed by atoms with Crippen molar-refractivity contribution in [2.24, 2.45) is 0 Å². The minimum atomic E-state index is -0.0442. The Balaban J connectivity index is 1.52. The molecule has 0 saturated carbocycles. The fourth-order valence-electron chi connectivity index (χ4n) is 4.44. The van der Waals surface area contributed by atoms with E-state index in [0.29, 0.717) is 48.4 Å². The predicted molar refractivity (Wildman–Crippen MR) is 141 cm³/mol. The number of thiophene rings is 1. The van der Waals surface area contributed by atoms with Crippen LogP contribution in [0.5, 0.6) is 11.8 Å². The molecule has 1 aromatic carbocycles. The van der Waals surface area contributed by atoms with Crippen molar-refractivity contribution >= 4 is 55.5 Å². The second-order valence-electron chi connectivity index (χ2n) is 9.08. The second-order valence-corrected chi connectivity index (χ2v) is 10.5. The van der Waals surface area contributed by atoms with Crippen LogP contribution in [0.25, 0.3) is 21.0 Å². The van der Waals surface area contributed by atoms with Crippen molar-refractivity contribution in [2.75, 3.05) is 18.4 Å². The highest BCUT2D eigenvalue weighted by Gasteiger charge is 2.23. The molecule has 1 amide bonds. The summed E-state index contributed by atoms with van der Waals surface area (Å²) < 4.78 is 7.19. The van der Waals surface area contributed by atoms with Gasteiger partial charge in [-0.25, -0.2) is 9.97 Å². The van der Waals surface area contributed by atoms with Gasteiger partial charge in [0.2, 0.25) is 17.0 Å². The minimum Gasteiger partial charge on any atom is -0.420 e. The molecule has 5 rings (SSSR count). The summed E-state index contributed by atoms with van der Waals surface area (Å²) in [4.78, 5) is 28.8. The Hall–Kier alpha value is -3.01. The van der Waals surface area contributed by atoms with Crippen LogP contribution in [-0.2, 0) is 6.54 Å². The first kappa shape index (κ1) is 23.7. The van der Waals surface area contributed by atoms with Crippen molar-refractivity contribution in [3.8, 4) is 11.8 Å². The van der Waals surface area contributed by atoms with Crippen LogP contribution in [0.3, 0.4) is 0 Å². The lowest BCUT2D eigenvalue weighted by atomic mass is 10.1. The van der Waals surface area contributed by atoms with Crippen LogP contribution in [0.2, 0.25) is 5.28 Å². The summed E-state index contributed by atoms with van der Waals surface area (Å²) in [5.41, 5.74) is 2.48. The van der Waals surface area contributed by atoms with Gasteiger partial charge in [-0.15, -0.1) is 11.3 Å². The molecule has 0 radical (unpaired) electrons. The summed E-state index contributed by atoms with van der Waals surface area (Å²) in [6.45, 7) is 10.5. The van der Waals surface area contributed by atoms with Crippen LogP contribution in [0, 0.1) is 0 Å². The summed E-state index contributed by atoms with van der Waals surface area (Å²) in [5, 5.41) is 8.43. The fraction of sp³-hybridized carbons (Fsp3) is 0.360. The van der Waals surface area contributed by atoms with Crippen LogP contribution in [-0.4, -0.2) is 50.9 Å². The molecule has 0 fully saturated rings. The second kappa shape index (κ2) is 9.56. The molecule has 4 aromatic rings. The van der Waals surface area contributed by atoms with Gasteiger partial charge in [0.15, 0.2) is 0 Å². The summed E-state index contributed by atoms with van der Waals surface area (Å²) in [6.07, 6.45) is 1.71. The van der Waals surface area contributed by atoms with E-state index in [1.807, 2.05) is 24.3 Å². The Morgan fingerprint density at radius 1 is 1.09 bits per heavy atom. The lowest BCUT2D eigenvalue weighted by Crippen LogP contribution is -2.36. The van der Waals surface area contributed by atoms with Gasteiger partial charge in [-0.2, -0.15) is 4.98 Å². The van der Waals surface area contributed by atoms with Crippen LogP contribution >= 0.6 is 22.9 Å². The quantitative estimate of drug-likeness (QED) is 0.333. The molecule has 10 heteroatoms. The molecule has 8 nitrogen and oxygen atoms in total. The number of benzene rings is 1. The van der Waals surface area contributed by atoms with Crippen molar-refractivity contribution in [1.29, 1.82) is 0 Å². The van der Waals surface area contributed by atoms with Crippen LogP contribution in [0.4, 0.5) is 5.69 Å². The van der Waals surface area contributed by atoms with Gasteiger partial charge < -0.3 is 15.4 Å². The smallest absolute Gasteiger partial charge is 0.263 e. The van der Waals surface area contributed by atoms with Gasteiger partial charge in [-0.3, -0.25) is 9.69 Å². The number of anilines is 1. The number of nitrogens with one attached hydrogen (secondary N) is 2. The highest BCUT2D eigenvalue weighted by Crippen LogP contribution is 2.41. The lowest BCUT2D eigenvalue weighted by molar-refractivity contribution is 0.0962. The Morgan fingerprint density at radius 2 is 1.86 bits per heavy atom. The number of halogens is 1. The maximum absolute atomic E-state index is 12.5. The molecule has 3 aromatic heterocycles. The average molecular weight is 511 g/mol. The number of nitrogens with zero attached hydrogens (tertiary/aromatic N) is 4. The van der Waals surface area contributed by atoms with Gasteiger partial charge in [0.25, 0.3) is 5.91 Å². The Morgan fingerprint density at radius 3 is 2.63 bits per heavy atom. The number of hydrogen-bond donors (Lipinski definition) is 2. The number of carbonyl (C=O) groups is 1. The molecular formula is C25H27ClN6O2S. The van der Waals surface area contributed by atoms with E-state index in [1.165, 1.54) is 11.3 Å². The highest BCUT2D eigenvalue weighted by molar-refractivity contribution is 7.21. The molecule has 0 spiro atoms. The lowest BCUT2D eigenvalue weighted by Gasteiger charge is -2.30. The first-order valence-corrected chi connectivity index (χ1v) is 12.8. The monoisotopic (exact) mass is 510 g/mol. The maximum Gasteiger partial charge on any atom is 0.263 e. The molecular weight excluding hydrogens is 484 g/mol. The number of amides is 1. The molecule has 2 N–H and O–H groups in total. The molecule has 0 aliphatic carbocycles. The molecule has 0 bridgehead atoms. The Bertz CT molecular complexity index is 1410. The maximum atomic E-state index is 12.5. The van der Waals surface area contributed by atoms with E-state index in [9.17, 15) is 4.79 Å². The molecule has 1 aliphatic rings. The third-order valence-corrected chi connectivity index (χ3v) is 7.43. The first-order chi connectivity index (χ1) is 16.8. The van der Waals surface area contributed by atoms with Crippen molar-refractivity contribution in [2.45, 2.75) is 46.3 Å². The Kier molecular flexibility index (Phi) is 6.48. The fourth-order valence-corrected chi connectivity index (χ4v) is 5.67. The predicted octanol–water partition coefficient (Wildman–Crippen LogP) is 5.46. The molecule has 0 unspecified atom stereocenters. The largest absolute Gasteiger partial charge is 0.420 e. The molecule has 0 atom stereocenters. The third-order valence-electron chi connectivity index (χ3n) is 6.09. The van der Waals surface area contributed by atoms with E-state index in [0.717, 1.165) is 32.2 Å². The number of rotatable bonds is 6. The van der Waals surface area contributed by atoms with E-state index in [-0.39, 0.29) is 11.2 Å². The zero-order valence-corrected chi connectivity index (χ0v) is 21.6. The van der Waals surface area contributed by atoms with Crippen LogP contribution in [0.15, 0.2) is 30.5 Å². The number of ether oxygens (including phenoxy) is 1. The van der Waals surface area contributed by atoms with Crippen molar-refractivity contribution in [3.05, 3.63) is 46.2 Å². The number of hydrogen-bond acceptors (Lipinski definition) is 8. The number of aromatic nitrogens is 3. The van der Waals surface area contributed by atoms with Crippen molar-refractivity contribution in [1.82, 2.24) is 25.2 Å². The van der Waals surface area contributed by atoms with E-state index in [4.69, 9.17) is 21.3 Å². The van der Waals surface area contributed by atoms with Gasteiger partial charge in [0.05, 0.1) is 11.2 Å². The average Bonchev–Trinajstić information content (AvgIpc) is 3.10. The van der Waals surface area contributed by atoms with E-state index >= 15 is 0 Å². The molecule has 182 valence electrons. The third kappa shape index (κ3) is 4.63. The number of carbonyl (C=O) groups excluding carboxylic acids is 1. The number of fused-ring (bicyclic) bond motifs is 5. The standard InChI is InChI=1S/C25H27ClN6O2S/c1-13(2)32(14(3)4)12-15-11-29-25(26)31-24(15)34-19-8-5-16-17(30-19)6-7-18-20(16)21-22(35-18)23(33)28-10-9-27-21/h5-8,11,13-14,27H,9-10,12H2,1-4H3,(H,28,33). The summed E-state index contributed by atoms with van der Waals surface area (Å²) in [6, 6.07) is 8.44. The van der Waals surface area contributed by atoms with Gasteiger partial charge >= 0.3 is 0 Å². The first-order valence-electron chi connectivity index (χ1n) is 11.6. The van der Waals surface area contributed by atoms with E-state index in [2.05, 4.69) is 53.2 Å². The highest BCUT2D eigenvalue weighted by atomic mass is 35.5. The molecule has 0 saturated heterocycles. The Labute approximate surface area is 212 Å². The molecule has 4 heterocycles. The minimum absolute atomic E-state index is 0.0442. The SMILES string of the molecule is CC(C)N(Cc1cnc(Cl)nc1Oc1ccc2c(ccc3sc4c(c32)NCCNC4=O)n1)C(C)C. The van der Waals surface area contributed by atoms with Crippen LogP contribution in [0.1, 0.15) is 42.9 Å². The van der Waals surface area contributed by atoms with E-state index < -0.39 is 0 Å². The molecule has 35 heavy (non-hydrogen) atoms. The summed E-state index contributed by atoms with van der Waals surface area (Å²) in [5.74, 6) is 0.768. The molecule has 1 aliphatic heterocycles. The zero-order chi connectivity index (χ0) is 24.7. The zero-order valence-electron chi connectivity index (χ0n) is 20.1. The normalized spacial score (nSPS) is 13.9.